The van der Waals surface area contributed by atoms with E-state index in [1.807, 2.05) is 12.1 Å². The number of amides is 2. The number of morpholine rings is 1. The highest BCUT2D eigenvalue weighted by Gasteiger charge is 2.17. The van der Waals surface area contributed by atoms with Crippen molar-refractivity contribution in [2.75, 3.05) is 31.6 Å². The molecule has 0 radical (unpaired) electrons. The van der Waals surface area contributed by atoms with Gasteiger partial charge in [0.2, 0.25) is 0 Å². The van der Waals surface area contributed by atoms with Crippen molar-refractivity contribution < 1.29 is 9.53 Å². The van der Waals surface area contributed by atoms with E-state index in [2.05, 4.69) is 16.7 Å². The zero-order valence-electron chi connectivity index (χ0n) is 10.2. The fourth-order valence-corrected chi connectivity index (χ4v) is 2.34. The first kappa shape index (κ1) is 11.5. The monoisotopic (exact) mass is 247 g/mol. The van der Waals surface area contributed by atoms with Crippen LogP contribution in [0.25, 0.3) is 0 Å². The molecule has 96 valence electrons. The zero-order valence-corrected chi connectivity index (χ0v) is 10.2. The van der Waals surface area contributed by atoms with Gasteiger partial charge in [0.15, 0.2) is 0 Å². The Labute approximate surface area is 106 Å². The number of nitrogens with zero attached hydrogens (tertiary/aromatic N) is 1. The molecule has 18 heavy (non-hydrogen) atoms. The van der Waals surface area contributed by atoms with Crippen LogP contribution in [0.2, 0.25) is 0 Å². The summed E-state index contributed by atoms with van der Waals surface area (Å²) in [6, 6.07) is 6.05. The van der Waals surface area contributed by atoms with Crippen molar-refractivity contribution in [3.8, 4) is 0 Å². The van der Waals surface area contributed by atoms with Crippen molar-refractivity contribution in [1.82, 2.24) is 10.2 Å². The summed E-state index contributed by atoms with van der Waals surface area (Å²) in [5.74, 6) is 0. The molecular formula is C13H17N3O2. The smallest absolute Gasteiger partial charge is 0.321 e. The van der Waals surface area contributed by atoms with Gasteiger partial charge in [-0.15, -0.1) is 0 Å². The van der Waals surface area contributed by atoms with Crippen LogP contribution >= 0.6 is 0 Å². The highest BCUT2D eigenvalue weighted by Crippen LogP contribution is 2.20. The van der Waals surface area contributed by atoms with E-state index in [9.17, 15) is 4.79 Å². The lowest BCUT2D eigenvalue weighted by molar-refractivity contribution is 0.0564. The largest absolute Gasteiger partial charge is 0.378 e. The number of hydrogen-bond donors (Lipinski definition) is 2. The average Bonchev–Trinajstić information content (AvgIpc) is 2.87. The molecule has 2 heterocycles. The topological polar surface area (TPSA) is 53.6 Å². The third-order valence-corrected chi connectivity index (χ3v) is 3.39. The molecule has 2 N–H and O–H groups in total. The predicted octanol–water partition coefficient (Wildman–Crippen LogP) is 1.15. The maximum Gasteiger partial charge on any atom is 0.321 e. The Morgan fingerprint density at radius 1 is 1.22 bits per heavy atom. The first-order chi connectivity index (χ1) is 8.83. The molecular weight excluding hydrogens is 230 g/mol. The standard InChI is InChI=1S/C13H17N3O2/c17-13(16-3-5-18-6-4-16)15-12-2-1-10-8-14-9-11(10)7-12/h1-2,7,14H,3-6,8-9H2,(H,15,17). The fraction of sp³-hybridized carbons (Fsp3) is 0.462. The maximum absolute atomic E-state index is 12.0. The second kappa shape index (κ2) is 4.96. The first-order valence-corrected chi connectivity index (χ1v) is 6.29. The maximum atomic E-state index is 12.0. The summed E-state index contributed by atoms with van der Waals surface area (Å²) in [6.45, 7) is 4.39. The lowest BCUT2D eigenvalue weighted by Gasteiger charge is -2.27. The molecule has 5 heteroatoms. The Balaban J connectivity index is 1.66. The van der Waals surface area contributed by atoms with Crippen molar-refractivity contribution in [2.24, 2.45) is 0 Å². The highest BCUT2D eigenvalue weighted by atomic mass is 16.5. The van der Waals surface area contributed by atoms with Gasteiger partial charge < -0.3 is 20.3 Å². The molecule has 0 saturated carbocycles. The van der Waals surface area contributed by atoms with Gasteiger partial charge >= 0.3 is 6.03 Å². The summed E-state index contributed by atoms with van der Waals surface area (Å²) in [5.41, 5.74) is 3.46. The van der Waals surface area contributed by atoms with Crippen LogP contribution in [-0.2, 0) is 17.8 Å². The van der Waals surface area contributed by atoms with Gasteiger partial charge in [-0.1, -0.05) is 6.07 Å². The van der Waals surface area contributed by atoms with E-state index < -0.39 is 0 Å². The number of carbonyl (C=O) groups excluding carboxylic acids is 1. The van der Waals surface area contributed by atoms with Crippen LogP contribution in [0.1, 0.15) is 11.1 Å². The first-order valence-electron chi connectivity index (χ1n) is 6.29. The SMILES string of the molecule is O=C(Nc1ccc2c(c1)CNC2)N1CCOCC1. The van der Waals surface area contributed by atoms with Crippen LogP contribution in [0, 0.1) is 0 Å². The normalized spacial score (nSPS) is 18.6. The van der Waals surface area contributed by atoms with E-state index in [-0.39, 0.29) is 6.03 Å². The molecule has 0 aliphatic carbocycles. The minimum atomic E-state index is -0.0378. The van der Waals surface area contributed by atoms with Crippen LogP contribution in [0.4, 0.5) is 10.5 Å². The lowest BCUT2D eigenvalue weighted by atomic mass is 10.1. The van der Waals surface area contributed by atoms with Crippen molar-refractivity contribution in [2.45, 2.75) is 13.1 Å². The number of carbonyl (C=O) groups is 1. The Hall–Kier alpha value is -1.59. The molecule has 0 spiro atoms. The van der Waals surface area contributed by atoms with Crippen LogP contribution in [-0.4, -0.2) is 37.2 Å². The van der Waals surface area contributed by atoms with E-state index >= 15 is 0 Å². The molecule has 0 bridgehead atoms. The summed E-state index contributed by atoms with van der Waals surface area (Å²) >= 11 is 0. The third-order valence-electron chi connectivity index (χ3n) is 3.39. The molecule has 1 aromatic rings. The molecule has 2 aliphatic rings. The molecule has 5 nitrogen and oxygen atoms in total. The zero-order chi connectivity index (χ0) is 12.4. The van der Waals surface area contributed by atoms with Crippen LogP contribution in [0.15, 0.2) is 18.2 Å². The second-order valence-corrected chi connectivity index (χ2v) is 4.62. The Morgan fingerprint density at radius 2 is 2.00 bits per heavy atom. The van der Waals surface area contributed by atoms with Gasteiger partial charge in [-0.2, -0.15) is 0 Å². The lowest BCUT2D eigenvalue weighted by Crippen LogP contribution is -2.43. The molecule has 2 amide bonds. The number of benzene rings is 1. The number of urea groups is 1. The van der Waals surface area contributed by atoms with Crippen molar-refractivity contribution in [1.29, 1.82) is 0 Å². The molecule has 1 fully saturated rings. The molecule has 1 aromatic carbocycles. The van der Waals surface area contributed by atoms with Gasteiger partial charge in [-0.25, -0.2) is 4.79 Å². The fourth-order valence-electron chi connectivity index (χ4n) is 2.34. The third kappa shape index (κ3) is 2.32. The quantitative estimate of drug-likeness (QED) is 0.783. The minimum Gasteiger partial charge on any atom is -0.378 e. The van der Waals surface area contributed by atoms with Crippen molar-refractivity contribution >= 4 is 11.7 Å². The van der Waals surface area contributed by atoms with E-state index in [0.29, 0.717) is 26.3 Å². The van der Waals surface area contributed by atoms with Gasteiger partial charge in [0.1, 0.15) is 0 Å². The highest BCUT2D eigenvalue weighted by molar-refractivity contribution is 5.89. The van der Waals surface area contributed by atoms with E-state index in [1.165, 1.54) is 11.1 Å². The Morgan fingerprint density at radius 3 is 2.83 bits per heavy atom. The summed E-state index contributed by atoms with van der Waals surface area (Å²) in [5, 5.41) is 6.24. The van der Waals surface area contributed by atoms with Crippen molar-refractivity contribution in [3.05, 3.63) is 29.3 Å². The van der Waals surface area contributed by atoms with Gasteiger partial charge in [0.05, 0.1) is 13.2 Å². The number of ether oxygens (including phenoxy) is 1. The van der Waals surface area contributed by atoms with E-state index in [4.69, 9.17) is 4.74 Å². The van der Waals surface area contributed by atoms with E-state index in [1.54, 1.807) is 4.90 Å². The van der Waals surface area contributed by atoms with Crippen LogP contribution < -0.4 is 10.6 Å². The molecule has 0 unspecified atom stereocenters. The van der Waals surface area contributed by atoms with E-state index in [0.717, 1.165) is 18.8 Å². The Bertz CT molecular complexity index is 456. The molecule has 2 aliphatic heterocycles. The minimum absolute atomic E-state index is 0.0378. The Kier molecular flexibility index (Phi) is 3.17. The summed E-state index contributed by atoms with van der Waals surface area (Å²) < 4.78 is 5.23. The number of anilines is 1. The predicted molar refractivity (Wildman–Crippen MR) is 68.4 cm³/mol. The number of fused-ring (bicyclic) bond motifs is 1. The van der Waals surface area contributed by atoms with Gasteiger partial charge in [-0.3, -0.25) is 0 Å². The molecule has 1 saturated heterocycles. The summed E-state index contributed by atoms with van der Waals surface area (Å²) in [4.78, 5) is 13.8. The number of hydrogen-bond acceptors (Lipinski definition) is 3. The van der Waals surface area contributed by atoms with Crippen LogP contribution in [0.5, 0.6) is 0 Å². The molecule has 0 atom stereocenters. The van der Waals surface area contributed by atoms with Gasteiger partial charge in [0.25, 0.3) is 0 Å². The summed E-state index contributed by atoms with van der Waals surface area (Å²) in [7, 11) is 0. The summed E-state index contributed by atoms with van der Waals surface area (Å²) in [6.07, 6.45) is 0. The molecule has 0 aromatic heterocycles. The average molecular weight is 247 g/mol. The number of nitrogens with one attached hydrogen (secondary N) is 2. The number of rotatable bonds is 1. The van der Waals surface area contributed by atoms with Gasteiger partial charge in [0, 0.05) is 31.9 Å². The van der Waals surface area contributed by atoms with Crippen molar-refractivity contribution in [3.63, 3.8) is 0 Å². The van der Waals surface area contributed by atoms with Gasteiger partial charge in [-0.05, 0) is 23.3 Å². The van der Waals surface area contributed by atoms with Crippen LogP contribution in [0.3, 0.4) is 0 Å². The second-order valence-electron chi connectivity index (χ2n) is 4.62. The molecule has 3 rings (SSSR count).